The predicted molar refractivity (Wildman–Crippen MR) is 58.2 cm³/mol. The summed E-state index contributed by atoms with van der Waals surface area (Å²) >= 11 is 0. The van der Waals surface area contributed by atoms with Gasteiger partial charge in [-0.05, 0) is 11.6 Å². The summed E-state index contributed by atoms with van der Waals surface area (Å²) in [5.41, 5.74) is 0.498. The van der Waals surface area contributed by atoms with Gasteiger partial charge in [0, 0.05) is 18.8 Å². The molecule has 2 rings (SSSR count). The summed E-state index contributed by atoms with van der Waals surface area (Å²) in [4.78, 5) is 18.3. The summed E-state index contributed by atoms with van der Waals surface area (Å²) < 4.78 is 13.3. The molecule has 1 aromatic carbocycles. The summed E-state index contributed by atoms with van der Waals surface area (Å²) in [6.07, 6.45) is 2.67. The molecule has 4 nitrogen and oxygen atoms in total. The molecule has 1 aromatic heterocycles. The fourth-order valence-electron chi connectivity index (χ4n) is 1.37. The second-order valence-electron chi connectivity index (χ2n) is 3.46. The Morgan fingerprint density at radius 1 is 1.24 bits per heavy atom. The van der Waals surface area contributed by atoms with Crippen LogP contribution in [0.1, 0.15) is 21.7 Å². The van der Waals surface area contributed by atoms with Gasteiger partial charge < -0.3 is 5.11 Å². The number of nitrogens with zero attached hydrogens (tertiary/aromatic N) is 2. The molecule has 0 radical (unpaired) electrons. The lowest BCUT2D eigenvalue weighted by Gasteiger charge is -2.02. The number of aromatic nitrogens is 2. The molecule has 0 aliphatic carbocycles. The van der Waals surface area contributed by atoms with Gasteiger partial charge in [-0.1, -0.05) is 18.2 Å². The van der Waals surface area contributed by atoms with Crippen molar-refractivity contribution in [2.75, 3.05) is 0 Å². The molecule has 0 saturated carbocycles. The van der Waals surface area contributed by atoms with Gasteiger partial charge in [-0.25, -0.2) is 19.2 Å². The highest BCUT2D eigenvalue weighted by Crippen LogP contribution is 2.10. The van der Waals surface area contributed by atoms with Gasteiger partial charge in [0.15, 0.2) is 0 Å². The molecule has 0 aliphatic rings. The van der Waals surface area contributed by atoms with Crippen molar-refractivity contribution in [2.24, 2.45) is 0 Å². The van der Waals surface area contributed by atoms with E-state index in [1.165, 1.54) is 18.5 Å². The fourth-order valence-corrected chi connectivity index (χ4v) is 1.37. The largest absolute Gasteiger partial charge is 0.478 e. The van der Waals surface area contributed by atoms with Crippen molar-refractivity contribution in [1.29, 1.82) is 0 Å². The van der Waals surface area contributed by atoms with Crippen LogP contribution in [0.2, 0.25) is 0 Å². The maximum absolute atomic E-state index is 13.3. The van der Waals surface area contributed by atoms with Gasteiger partial charge in [0.1, 0.15) is 11.6 Å². The van der Waals surface area contributed by atoms with E-state index in [2.05, 4.69) is 9.97 Å². The topological polar surface area (TPSA) is 63.1 Å². The molecule has 0 saturated heterocycles. The minimum Gasteiger partial charge on any atom is -0.478 e. The number of hydrogen-bond acceptors (Lipinski definition) is 3. The molecule has 1 N–H and O–H groups in total. The summed E-state index contributed by atoms with van der Waals surface area (Å²) in [7, 11) is 0. The number of hydrogen-bond donors (Lipinski definition) is 1. The van der Waals surface area contributed by atoms with E-state index in [1.54, 1.807) is 18.2 Å². The van der Waals surface area contributed by atoms with E-state index < -0.39 is 5.97 Å². The molecule has 2 aromatic rings. The van der Waals surface area contributed by atoms with Gasteiger partial charge in [0.25, 0.3) is 0 Å². The number of benzene rings is 1. The SMILES string of the molecule is O=C(O)c1cnc(Cc2ccccc2F)nc1. The van der Waals surface area contributed by atoms with Gasteiger partial charge in [-0.3, -0.25) is 0 Å². The highest BCUT2D eigenvalue weighted by Gasteiger charge is 2.07. The summed E-state index contributed by atoms with van der Waals surface area (Å²) in [6, 6.07) is 6.34. The second-order valence-corrected chi connectivity index (χ2v) is 3.46. The number of carboxylic acids is 1. The minimum atomic E-state index is -1.08. The molecule has 17 heavy (non-hydrogen) atoms. The third-order valence-electron chi connectivity index (χ3n) is 2.26. The monoisotopic (exact) mass is 232 g/mol. The number of rotatable bonds is 3. The summed E-state index contributed by atoms with van der Waals surface area (Å²) in [5.74, 6) is -1.01. The fraction of sp³-hybridized carbons (Fsp3) is 0.0833. The molecule has 5 heteroatoms. The normalized spacial score (nSPS) is 10.2. The minimum absolute atomic E-state index is 0.0160. The molecular weight excluding hydrogens is 223 g/mol. The van der Waals surface area contributed by atoms with Gasteiger partial charge in [-0.2, -0.15) is 0 Å². The van der Waals surface area contributed by atoms with Crippen molar-refractivity contribution in [2.45, 2.75) is 6.42 Å². The lowest BCUT2D eigenvalue weighted by atomic mass is 10.1. The van der Waals surface area contributed by atoms with Crippen LogP contribution >= 0.6 is 0 Å². The zero-order chi connectivity index (χ0) is 12.3. The number of aromatic carboxylic acids is 1. The van der Waals surface area contributed by atoms with E-state index in [4.69, 9.17) is 5.11 Å². The van der Waals surface area contributed by atoms with E-state index in [0.717, 1.165) is 0 Å². The first-order valence-electron chi connectivity index (χ1n) is 4.94. The third kappa shape index (κ3) is 2.63. The van der Waals surface area contributed by atoms with Crippen LogP contribution in [0.4, 0.5) is 4.39 Å². The van der Waals surface area contributed by atoms with Crippen LogP contribution < -0.4 is 0 Å². The molecule has 86 valence electrons. The molecular formula is C12H9FN2O2. The molecule has 0 atom stereocenters. The molecule has 0 amide bonds. The van der Waals surface area contributed by atoms with Crippen LogP contribution in [-0.4, -0.2) is 21.0 Å². The first-order chi connectivity index (χ1) is 8.16. The van der Waals surface area contributed by atoms with E-state index in [9.17, 15) is 9.18 Å². The van der Waals surface area contributed by atoms with Crippen LogP contribution in [-0.2, 0) is 6.42 Å². The Balaban J connectivity index is 2.20. The molecule has 0 fully saturated rings. The maximum atomic E-state index is 13.3. The van der Waals surface area contributed by atoms with E-state index >= 15 is 0 Å². The van der Waals surface area contributed by atoms with Crippen molar-refractivity contribution in [1.82, 2.24) is 9.97 Å². The maximum Gasteiger partial charge on any atom is 0.338 e. The first-order valence-corrected chi connectivity index (χ1v) is 4.94. The van der Waals surface area contributed by atoms with E-state index in [0.29, 0.717) is 11.4 Å². The van der Waals surface area contributed by atoms with Gasteiger partial charge in [-0.15, -0.1) is 0 Å². The average molecular weight is 232 g/mol. The Labute approximate surface area is 96.8 Å². The molecule has 0 aliphatic heterocycles. The van der Waals surface area contributed by atoms with Gasteiger partial charge in [0.05, 0.1) is 5.56 Å². The first kappa shape index (κ1) is 11.2. The quantitative estimate of drug-likeness (QED) is 0.877. The number of halogens is 1. The molecule has 0 bridgehead atoms. The summed E-state index contributed by atoms with van der Waals surface area (Å²) in [6.45, 7) is 0. The van der Waals surface area contributed by atoms with Crippen molar-refractivity contribution >= 4 is 5.97 Å². The van der Waals surface area contributed by atoms with E-state index in [-0.39, 0.29) is 17.8 Å². The average Bonchev–Trinajstić information content (AvgIpc) is 2.33. The Bertz CT molecular complexity index is 540. The smallest absolute Gasteiger partial charge is 0.338 e. The van der Waals surface area contributed by atoms with Crippen LogP contribution in [0.15, 0.2) is 36.7 Å². The zero-order valence-corrected chi connectivity index (χ0v) is 8.80. The molecule has 0 unspecified atom stereocenters. The lowest BCUT2D eigenvalue weighted by molar-refractivity contribution is 0.0696. The third-order valence-corrected chi connectivity index (χ3v) is 2.26. The highest BCUT2D eigenvalue weighted by molar-refractivity contribution is 5.86. The molecule has 1 heterocycles. The van der Waals surface area contributed by atoms with Crippen LogP contribution in [0.25, 0.3) is 0 Å². The standard InChI is InChI=1S/C12H9FN2O2/c13-10-4-2-1-3-8(10)5-11-14-6-9(7-15-11)12(16)17/h1-4,6-7H,5H2,(H,16,17). The van der Waals surface area contributed by atoms with Gasteiger partial charge in [0.2, 0.25) is 0 Å². The van der Waals surface area contributed by atoms with Crippen molar-refractivity contribution in [3.63, 3.8) is 0 Å². The number of carbonyl (C=O) groups is 1. The highest BCUT2D eigenvalue weighted by atomic mass is 19.1. The van der Waals surface area contributed by atoms with Crippen molar-refractivity contribution in [3.8, 4) is 0 Å². The summed E-state index contributed by atoms with van der Waals surface area (Å²) in [5, 5.41) is 8.67. The van der Waals surface area contributed by atoms with Gasteiger partial charge >= 0.3 is 5.97 Å². The Hall–Kier alpha value is -2.30. The zero-order valence-electron chi connectivity index (χ0n) is 8.80. The number of carboxylic acid groups (broad SMARTS) is 1. The lowest BCUT2D eigenvalue weighted by Crippen LogP contribution is -2.03. The molecule has 0 spiro atoms. The Morgan fingerprint density at radius 3 is 2.47 bits per heavy atom. The predicted octanol–water partition coefficient (Wildman–Crippen LogP) is 1.90. The van der Waals surface area contributed by atoms with Crippen molar-refractivity contribution in [3.05, 3.63) is 59.4 Å². The second kappa shape index (κ2) is 4.69. The van der Waals surface area contributed by atoms with Crippen LogP contribution in [0.5, 0.6) is 0 Å². The van der Waals surface area contributed by atoms with Crippen LogP contribution in [0.3, 0.4) is 0 Å². The van der Waals surface area contributed by atoms with E-state index in [1.807, 2.05) is 0 Å². The Morgan fingerprint density at radius 2 is 1.88 bits per heavy atom. The van der Waals surface area contributed by atoms with Crippen LogP contribution in [0, 0.1) is 5.82 Å². The van der Waals surface area contributed by atoms with Crippen molar-refractivity contribution < 1.29 is 14.3 Å². The Kier molecular flexibility index (Phi) is 3.09.